The molecule has 0 saturated heterocycles. The van der Waals surface area contributed by atoms with Gasteiger partial charge in [-0.15, -0.1) is 11.8 Å². The lowest BCUT2D eigenvalue weighted by molar-refractivity contribution is -0.137. The molecule has 2 aromatic rings. The van der Waals surface area contributed by atoms with Crippen molar-refractivity contribution in [1.82, 2.24) is 5.32 Å². The van der Waals surface area contributed by atoms with Crippen LogP contribution >= 0.6 is 11.8 Å². The van der Waals surface area contributed by atoms with Crippen LogP contribution in [0.5, 0.6) is 0 Å². The molecule has 0 aliphatic carbocycles. The average Bonchev–Trinajstić information content (AvgIpc) is 2.58. The Bertz CT molecular complexity index is 791. The van der Waals surface area contributed by atoms with Crippen molar-refractivity contribution in [2.24, 2.45) is 0 Å². The molecule has 0 bridgehead atoms. The molecule has 0 fully saturated rings. The normalized spacial score (nSPS) is 10.7. The van der Waals surface area contributed by atoms with Gasteiger partial charge in [0.2, 0.25) is 5.91 Å². The molecule has 0 heterocycles. The van der Waals surface area contributed by atoms with E-state index in [1.807, 2.05) is 0 Å². The molecule has 0 unspecified atom stereocenters. The van der Waals surface area contributed by atoms with Crippen LogP contribution in [0.3, 0.4) is 0 Å². The monoisotopic (exact) mass is 367 g/mol. The van der Waals surface area contributed by atoms with Crippen LogP contribution in [-0.2, 0) is 11.0 Å². The smallest absolute Gasteiger partial charge is 0.344 e. The number of rotatable bonds is 4. The van der Waals surface area contributed by atoms with Crippen LogP contribution in [-0.4, -0.2) is 18.2 Å². The summed E-state index contributed by atoms with van der Waals surface area (Å²) in [6, 6.07) is 10.7. The summed E-state index contributed by atoms with van der Waals surface area (Å²) < 4.78 is 51.2. The number of hydrogen-bond donors (Lipinski definition) is 1. The van der Waals surface area contributed by atoms with E-state index in [0.717, 1.165) is 11.0 Å². The minimum absolute atomic E-state index is 0.0605. The molecule has 0 radical (unpaired) electrons. The van der Waals surface area contributed by atoms with Gasteiger partial charge in [0, 0.05) is 10.5 Å². The van der Waals surface area contributed by atoms with Crippen LogP contribution in [0.25, 0.3) is 0 Å². The van der Waals surface area contributed by atoms with Crippen molar-refractivity contribution in [3.63, 3.8) is 0 Å². The van der Waals surface area contributed by atoms with Gasteiger partial charge >= 0.3 is 6.18 Å². The van der Waals surface area contributed by atoms with Gasteiger partial charge < -0.3 is 5.32 Å². The number of carbonyl (C=O) groups is 1. The fraction of sp³-hybridized carbons (Fsp3) is 0.167. The van der Waals surface area contributed by atoms with Gasteiger partial charge in [-0.2, -0.15) is 13.2 Å². The summed E-state index contributed by atoms with van der Waals surface area (Å²) in [5.74, 6) is 4.37. The molecule has 0 saturated carbocycles. The van der Waals surface area contributed by atoms with Crippen molar-refractivity contribution < 1.29 is 22.4 Å². The molecule has 7 heteroatoms. The number of halogens is 4. The van der Waals surface area contributed by atoms with Gasteiger partial charge in [0.25, 0.3) is 0 Å². The van der Waals surface area contributed by atoms with E-state index in [0.29, 0.717) is 0 Å². The number of carbonyl (C=O) groups excluding carboxylic acids is 1. The number of hydrogen-bond acceptors (Lipinski definition) is 2. The first-order chi connectivity index (χ1) is 11.9. The number of amides is 1. The molecule has 130 valence electrons. The quantitative estimate of drug-likeness (QED) is 0.501. The van der Waals surface area contributed by atoms with E-state index in [2.05, 4.69) is 17.2 Å². The molecule has 2 nitrogen and oxygen atoms in total. The standard InChI is InChI=1S/C18H13F4NOS/c19-14-7-9-15(10-8-14)25-12-17(24)23-11-3-5-13-4-1-2-6-16(13)18(20,21)22/h1-2,4,6-10H,11-12H2,(H,23,24). The number of nitrogens with one attached hydrogen (secondary N) is 1. The lowest BCUT2D eigenvalue weighted by atomic mass is 10.1. The zero-order chi connectivity index (χ0) is 18.3. The second-order valence-corrected chi connectivity index (χ2v) is 5.91. The topological polar surface area (TPSA) is 29.1 Å². The van der Waals surface area contributed by atoms with Gasteiger partial charge in [0.05, 0.1) is 17.9 Å². The largest absolute Gasteiger partial charge is 0.417 e. The van der Waals surface area contributed by atoms with E-state index in [9.17, 15) is 22.4 Å². The van der Waals surface area contributed by atoms with Gasteiger partial charge in [-0.3, -0.25) is 4.79 Å². The molecule has 0 atom stereocenters. The van der Waals surface area contributed by atoms with E-state index >= 15 is 0 Å². The molecule has 25 heavy (non-hydrogen) atoms. The predicted molar refractivity (Wildman–Crippen MR) is 88.5 cm³/mol. The highest BCUT2D eigenvalue weighted by molar-refractivity contribution is 8.00. The van der Waals surface area contributed by atoms with E-state index in [1.165, 1.54) is 42.1 Å². The zero-order valence-corrected chi connectivity index (χ0v) is 13.7. The van der Waals surface area contributed by atoms with Crippen LogP contribution in [0.15, 0.2) is 53.4 Å². The maximum atomic E-state index is 12.8. The molecule has 0 aromatic heterocycles. The van der Waals surface area contributed by atoms with Crippen molar-refractivity contribution in [2.75, 3.05) is 12.3 Å². The third-order valence-electron chi connectivity index (χ3n) is 3.01. The number of benzene rings is 2. The van der Waals surface area contributed by atoms with Gasteiger partial charge in [-0.1, -0.05) is 24.0 Å². The first-order valence-corrected chi connectivity index (χ1v) is 8.15. The number of alkyl halides is 3. The summed E-state index contributed by atoms with van der Waals surface area (Å²) in [4.78, 5) is 12.4. The van der Waals surface area contributed by atoms with Crippen LogP contribution < -0.4 is 5.32 Å². The Labute approximate surface area is 146 Å². The first kappa shape index (κ1) is 18.9. The Morgan fingerprint density at radius 2 is 1.76 bits per heavy atom. The fourth-order valence-corrected chi connectivity index (χ4v) is 2.58. The van der Waals surface area contributed by atoms with Gasteiger partial charge in [-0.05, 0) is 36.4 Å². The Hall–Kier alpha value is -2.46. The maximum absolute atomic E-state index is 12.8. The summed E-state index contributed by atoms with van der Waals surface area (Å²) in [5.41, 5.74) is -0.939. The van der Waals surface area contributed by atoms with Crippen LogP contribution in [0.2, 0.25) is 0 Å². The molecule has 2 rings (SSSR count). The SMILES string of the molecule is O=C(CSc1ccc(F)cc1)NCC#Cc1ccccc1C(F)(F)F. The van der Waals surface area contributed by atoms with E-state index in [1.54, 1.807) is 12.1 Å². The second-order valence-electron chi connectivity index (χ2n) is 4.86. The summed E-state index contributed by atoms with van der Waals surface area (Å²) in [6.07, 6.45) is -4.47. The van der Waals surface area contributed by atoms with Crippen molar-refractivity contribution in [3.05, 3.63) is 65.5 Å². The van der Waals surface area contributed by atoms with Gasteiger partial charge in [-0.25, -0.2) is 4.39 Å². The van der Waals surface area contributed by atoms with Crippen molar-refractivity contribution in [2.45, 2.75) is 11.1 Å². The highest BCUT2D eigenvalue weighted by Gasteiger charge is 2.32. The second kappa shape index (κ2) is 8.58. The minimum Gasteiger partial charge on any atom is -0.344 e. The molecule has 0 aliphatic heterocycles. The Balaban J connectivity index is 1.84. The van der Waals surface area contributed by atoms with E-state index in [-0.39, 0.29) is 29.6 Å². The van der Waals surface area contributed by atoms with E-state index in [4.69, 9.17) is 0 Å². The Morgan fingerprint density at radius 3 is 2.44 bits per heavy atom. The summed E-state index contributed by atoms with van der Waals surface area (Å²) in [5, 5.41) is 2.50. The van der Waals surface area contributed by atoms with Gasteiger partial charge in [0.1, 0.15) is 5.82 Å². The molecule has 0 spiro atoms. The first-order valence-electron chi connectivity index (χ1n) is 7.16. The highest BCUT2D eigenvalue weighted by Crippen LogP contribution is 2.31. The third kappa shape index (κ3) is 6.16. The Morgan fingerprint density at radius 1 is 1.08 bits per heavy atom. The Kier molecular flexibility index (Phi) is 6.48. The van der Waals surface area contributed by atoms with Crippen molar-refractivity contribution in [3.8, 4) is 11.8 Å². The highest BCUT2D eigenvalue weighted by atomic mass is 32.2. The summed E-state index contributed by atoms with van der Waals surface area (Å²) >= 11 is 1.22. The molecule has 0 aliphatic rings. The number of thioether (sulfide) groups is 1. The van der Waals surface area contributed by atoms with Crippen molar-refractivity contribution >= 4 is 17.7 Å². The molecular formula is C18H13F4NOS. The molecule has 1 amide bonds. The van der Waals surface area contributed by atoms with Gasteiger partial charge in [0.15, 0.2) is 0 Å². The van der Waals surface area contributed by atoms with E-state index < -0.39 is 11.7 Å². The predicted octanol–water partition coefficient (Wildman–Crippen LogP) is 4.10. The lowest BCUT2D eigenvalue weighted by Gasteiger charge is -2.08. The molecule has 2 aromatic carbocycles. The third-order valence-corrected chi connectivity index (χ3v) is 4.03. The summed E-state index contributed by atoms with van der Waals surface area (Å²) in [7, 11) is 0. The maximum Gasteiger partial charge on any atom is 0.417 e. The summed E-state index contributed by atoms with van der Waals surface area (Å²) in [6.45, 7) is -0.0605. The van der Waals surface area contributed by atoms with Crippen LogP contribution in [0.1, 0.15) is 11.1 Å². The van der Waals surface area contributed by atoms with Crippen LogP contribution in [0, 0.1) is 17.7 Å². The molecular weight excluding hydrogens is 354 g/mol. The molecule has 1 N–H and O–H groups in total. The zero-order valence-electron chi connectivity index (χ0n) is 12.9. The average molecular weight is 367 g/mol. The minimum atomic E-state index is -4.47. The lowest BCUT2D eigenvalue weighted by Crippen LogP contribution is -2.25. The van der Waals surface area contributed by atoms with Crippen LogP contribution in [0.4, 0.5) is 17.6 Å². The van der Waals surface area contributed by atoms with Crippen molar-refractivity contribution in [1.29, 1.82) is 0 Å². The fourth-order valence-electron chi connectivity index (χ4n) is 1.85.